The Morgan fingerprint density at radius 2 is 1.96 bits per heavy atom. The molecule has 0 spiro atoms. The van der Waals surface area contributed by atoms with Gasteiger partial charge in [0, 0.05) is 30.9 Å². The van der Waals surface area contributed by atoms with Crippen LogP contribution in [0.15, 0.2) is 24.3 Å². The molecule has 3 rings (SSSR count). The summed E-state index contributed by atoms with van der Waals surface area (Å²) in [7, 11) is 0. The number of carbonyl (C=O) groups is 2. The van der Waals surface area contributed by atoms with Gasteiger partial charge in [-0.25, -0.2) is 0 Å². The second-order valence-electron chi connectivity index (χ2n) is 6.51. The fourth-order valence-electron chi connectivity index (χ4n) is 3.98. The molecule has 124 valence electrons. The van der Waals surface area contributed by atoms with Crippen molar-refractivity contribution in [3.63, 3.8) is 0 Å². The van der Waals surface area contributed by atoms with E-state index in [9.17, 15) is 9.59 Å². The minimum atomic E-state index is -0.251. The van der Waals surface area contributed by atoms with Crippen LogP contribution in [0, 0.1) is 0 Å². The standard InChI is InChI=1S/C18H25N3O2/c1-2-3-17(18(23)20-12-22)13-4-6-14(7-5-13)21-15-8-9-16(21)11-19-10-15/h4-7,12,15-17,19H,2-3,8-11H2,1H3,(H,20,22,23). The lowest BCUT2D eigenvalue weighted by Gasteiger charge is -2.37. The smallest absolute Gasteiger partial charge is 0.233 e. The highest BCUT2D eigenvalue weighted by Gasteiger charge is 2.36. The van der Waals surface area contributed by atoms with E-state index in [0.717, 1.165) is 31.5 Å². The van der Waals surface area contributed by atoms with E-state index in [4.69, 9.17) is 0 Å². The maximum atomic E-state index is 12.1. The fraction of sp³-hybridized carbons (Fsp3) is 0.556. The highest BCUT2D eigenvalue weighted by atomic mass is 16.2. The predicted octanol–water partition coefficient (Wildman–Crippen LogP) is 1.78. The number of amides is 2. The highest BCUT2D eigenvalue weighted by Crippen LogP contribution is 2.33. The average Bonchev–Trinajstić information content (AvgIpc) is 2.82. The largest absolute Gasteiger partial charge is 0.363 e. The zero-order chi connectivity index (χ0) is 16.2. The fourth-order valence-corrected chi connectivity index (χ4v) is 3.98. The third-order valence-corrected chi connectivity index (χ3v) is 5.07. The first-order valence-electron chi connectivity index (χ1n) is 8.57. The number of benzene rings is 1. The summed E-state index contributed by atoms with van der Waals surface area (Å²) in [6.45, 7) is 4.16. The number of hydrogen-bond acceptors (Lipinski definition) is 4. The number of nitrogens with zero attached hydrogens (tertiary/aromatic N) is 1. The van der Waals surface area contributed by atoms with Crippen molar-refractivity contribution in [2.45, 2.75) is 50.6 Å². The number of imide groups is 1. The molecule has 1 aromatic carbocycles. The monoisotopic (exact) mass is 315 g/mol. The summed E-state index contributed by atoms with van der Waals surface area (Å²) in [5.41, 5.74) is 2.23. The van der Waals surface area contributed by atoms with Gasteiger partial charge in [0.1, 0.15) is 0 Å². The minimum absolute atomic E-state index is 0.211. The Morgan fingerprint density at radius 3 is 2.52 bits per heavy atom. The van der Waals surface area contributed by atoms with E-state index >= 15 is 0 Å². The van der Waals surface area contributed by atoms with Crippen LogP contribution >= 0.6 is 0 Å². The molecule has 2 saturated heterocycles. The van der Waals surface area contributed by atoms with Crippen molar-refractivity contribution < 1.29 is 9.59 Å². The normalized spacial score (nSPS) is 24.3. The van der Waals surface area contributed by atoms with Crippen LogP contribution in [-0.4, -0.2) is 37.5 Å². The van der Waals surface area contributed by atoms with E-state index in [2.05, 4.69) is 27.7 Å². The maximum Gasteiger partial charge on any atom is 0.233 e. The molecular formula is C18H25N3O2. The van der Waals surface area contributed by atoms with Gasteiger partial charge in [-0.1, -0.05) is 25.5 Å². The molecule has 0 saturated carbocycles. The van der Waals surface area contributed by atoms with E-state index in [1.54, 1.807) is 0 Å². The van der Waals surface area contributed by atoms with Crippen LogP contribution in [0.4, 0.5) is 5.69 Å². The number of piperazine rings is 1. The van der Waals surface area contributed by atoms with Crippen LogP contribution in [0.25, 0.3) is 0 Å². The number of anilines is 1. The minimum Gasteiger partial charge on any atom is -0.363 e. The van der Waals surface area contributed by atoms with Gasteiger partial charge in [-0.05, 0) is 37.0 Å². The van der Waals surface area contributed by atoms with Gasteiger partial charge in [0.05, 0.1) is 5.92 Å². The molecule has 2 heterocycles. The van der Waals surface area contributed by atoms with Crippen molar-refractivity contribution in [3.05, 3.63) is 29.8 Å². The Hall–Kier alpha value is -1.88. The molecule has 0 radical (unpaired) electrons. The Morgan fingerprint density at radius 1 is 1.30 bits per heavy atom. The molecule has 2 fully saturated rings. The van der Waals surface area contributed by atoms with Gasteiger partial charge >= 0.3 is 0 Å². The molecular weight excluding hydrogens is 290 g/mol. The van der Waals surface area contributed by atoms with Crippen LogP contribution in [0.5, 0.6) is 0 Å². The summed E-state index contributed by atoms with van der Waals surface area (Å²) in [5, 5.41) is 5.79. The molecule has 1 aromatic rings. The van der Waals surface area contributed by atoms with Crippen molar-refractivity contribution in [2.75, 3.05) is 18.0 Å². The lowest BCUT2D eigenvalue weighted by atomic mass is 9.93. The topological polar surface area (TPSA) is 61.4 Å². The molecule has 0 aliphatic carbocycles. The van der Waals surface area contributed by atoms with Crippen molar-refractivity contribution in [1.82, 2.24) is 10.6 Å². The first kappa shape index (κ1) is 16.0. The molecule has 2 N–H and O–H groups in total. The van der Waals surface area contributed by atoms with Crippen LogP contribution in [-0.2, 0) is 9.59 Å². The third-order valence-electron chi connectivity index (χ3n) is 5.07. The van der Waals surface area contributed by atoms with E-state index in [-0.39, 0.29) is 11.8 Å². The zero-order valence-electron chi connectivity index (χ0n) is 13.6. The van der Waals surface area contributed by atoms with Crippen molar-refractivity contribution in [3.8, 4) is 0 Å². The van der Waals surface area contributed by atoms with Crippen LogP contribution in [0.3, 0.4) is 0 Å². The second kappa shape index (κ2) is 7.13. The predicted molar refractivity (Wildman–Crippen MR) is 90.5 cm³/mol. The van der Waals surface area contributed by atoms with Gasteiger partial charge < -0.3 is 10.2 Å². The summed E-state index contributed by atoms with van der Waals surface area (Å²) in [6, 6.07) is 9.52. The van der Waals surface area contributed by atoms with Gasteiger partial charge in [-0.2, -0.15) is 0 Å². The maximum absolute atomic E-state index is 12.1. The molecule has 5 nitrogen and oxygen atoms in total. The number of fused-ring (bicyclic) bond motifs is 2. The van der Waals surface area contributed by atoms with Gasteiger partial charge in [-0.15, -0.1) is 0 Å². The summed E-state index contributed by atoms with van der Waals surface area (Å²) >= 11 is 0. The van der Waals surface area contributed by atoms with Crippen LogP contribution < -0.4 is 15.5 Å². The second-order valence-corrected chi connectivity index (χ2v) is 6.51. The molecule has 0 aromatic heterocycles. The molecule has 3 unspecified atom stereocenters. The molecule has 2 aliphatic rings. The summed E-state index contributed by atoms with van der Waals surface area (Å²) in [6.07, 6.45) is 4.62. The van der Waals surface area contributed by atoms with E-state index in [1.807, 2.05) is 19.1 Å². The third kappa shape index (κ3) is 3.24. The van der Waals surface area contributed by atoms with Gasteiger partial charge in [-0.3, -0.25) is 14.9 Å². The zero-order valence-corrected chi connectivity index (χ0v) is 13.6. The van der Waals surface area contributed by atoms with E-state index in [0.29, 0.717) is 18.5 Å². The number of nitrogens with one attached hydrogen (secondary N) is 2. The van der Waals surface area contributed by atoms with Crippen molar-refractivity contribution in [2.24, 2.45) is 0 Å². The quantitative estimate of drug-likeness (QED) is 0.786. The van der Waals surface area contributed by atoms with E-state index < -0.39 is 0 Å². The molecule has 3 atom stereocenters. The molecule has 23 heavy (non-hydrogen) atoms. The lowest BCUT2D eigenvalue weighted by molar-refractivity contribution is -0.126. The van der Waals surface area contributed by atoms with Gasteiger partial charge in [0.15, 0.2) is 0 Å². The molecule has 2 amide bonds. The SMILES string of the molecule is CCCC(C(=O)NC=O)c1ccc(N2C3CCC2CNC3)cc1. The lowest BCUT2D eigenvalue weighted by Crippen LogP contribution is -2.51. The first-order valence-corrected chi connectivity index (χ1v) is 8.57. The van der Waals surface area contributed by atoms with Crippen molar-refractivity contribution in [1.29, 1.82) is 0 Å². The summed E-state index contributed by atoms with van der Waals surface area (Å²) in [4.78, 5) is 25.2. The molecule has 5 heteroatoms. The summed E-state index contributed by atoms with van der Waals surface area (Å²) < 4.78 is 0. The average molecular weight is 315 g/mol. The van der Waals surface area contributed by atoms with Crippen LogP contribution in [0.2, 0.25) is 0 Å². The number of carbonyl (C=O) groups excluding carboxylic acids is 2. The van der Waals surface area contributed by atoms with Gasteiger partial charge in [0.25, 0.3) is 0 Å². The Balaban J connectivity index is 1.78. The van der Waals surface area contributed by atoms with Crippen molar-refractivity contribution >= 4 is 18.0 Å². The molecule has 2 bridgehead atoms. The highest BCUT2D eigenvalue weighted by molar-refractivity contribution is 5.91. The Labute approximate surface area is 137 Å². The molecule has 2 aliphatic heterocycles. The first-order chi connectivity index (χ1) is 11.2. The number of rotatable bonds is 6. The summed E-state index contributed by atoms with van der Waals surface area (Å²) in [5.74, 6) is -0.462. The number of hydrogen-bond donors (Lipinski definition) is 2. The van der Waals surface area contributed by atoms with Gasteiger partial charge in [0.2, 0.25) is 12.3 Å². The van der Waals surface area contributed by atoms with E-state index in [1.165, 1.54) is 18.5 Å². The van der Waals surface area contributed by atoms with Crippen LogP contribution in [0.1, 0.15) is 44.1 Å². The Kier molecular flexibility index (Phi) is 4.96. The Bertz CT molecular complexity index is 542.